The molecule has 3 heteroatoms. The highest BCUT2D eigenvalue weighted by molar-refractivity contribution is 6.11. The van der Waals surface area contributed by atoms with Gasteiger partial charge in [0.15, 0.2) is 0 Å². The van der Waals surface area contributed by atoms with Crippen molar-refractivity contribution in [3.8, 4) is 17.3 Å². The number of hydrogen-bond acceptors (Lipinski definition) is 3. The van der Waals surface area contributed by atoms with E-state index in [1.54, 1.807) is 0 Å². The third-order valence-corrected chi connectivity index (χ3v) is 5.51. The van der Waals surface area contributed by atoms with Crippen LogP contribution in [0.25, 0.3) is 33.2 Å². The minimum absolute atomic E-state index is 0.252. The molecule has 3 aromatic carbocycles. The smallest absolute Gasteiger partial charge is 0.146 e. The maximum Gasteiger partial charge on any atom is 0.146 e. The van der Waals surface area contributed by atoms with Crippen LogP contribution < -0.4 is 0 Å². The highest BCUT2D eigenvalue weighted by Gasteiger charge is 2.17. The maximum atomic E-state index is 9.61. The van der Waals surface area contributed by atoms with Crippen molar-refractivity contribution in [1.29, 1.82) is 5.26 Å². The number of para-hydroxylation sites is 1. The van der Waals surface area contributed by atoms with Crippen LogP contribution in [0.3, 0.4) is 0 Å². The summed E-state index contributed by atoms with van der Waals surface area (Å²) in [6, 6.07) is 28.5. The molecular formula is C26H18N2O. The van der Waals surface area contributed by atoms with Crippen molar-refractivity contribution in [3.05, 3.63) is 102 Å². The summed E-state index contributed by atoms with van der Waals surface area (Å²) in [6.07, 6.45) is 1.84. The predicted molar refractivity (Wildman–Crippen MR) is 116 cm³/mol. The number of rotatable bonds is 3. The molecule has 0 fully saturated rings. The first-order chi connectivity index (χ1) is 14.3. The molecule has 0 aliphatic heterocycles. The molecule has 138 valence electrons. The van der Waals surface area contributed by atoms with Gasteiger partial charge in [-0.1, -0.05) is 55.5 Å². The molecule has 0 amide bonds. The summed E-state index contributed by atoms with van der Waals surface area (Å²) in [6.45, 7) is 2.20. The Bertz CT molecular complexity index is 1380. The molecule has 1 unspecified atom stereocenters. The second-order valence-corrected chi connectivity index (χ2v) is 7.18. The molecule has 3 nitrogen and oxygen atoms in total. The summed E-state index contributed by atoms with van der Waals surface area (Å²) in [5.74, 6) is 0.252. The minimum atomic E-state index is 0.252. The lowest BCUT2D eigenvalue weighted by Crippen LogP contribution is -1.97. The zero-order valence-electron chi connectivity index (χ0n) is 16.0. The van der Waals surface area contributed by atoms with Crippen LogP contribution in [-0.2, 0) is 0 Å². The van der Waals surface area contributed by atoms with Gasteiger partial charge in [-0.3, -0.25) is 4.98 Å². The van der Waals surface area contributed by atoms with E-state index in [0.29, 0.717) is 11.1 Å². The molecule has 1 atom stereocenters. The van der Waals surface area contributed by atoms with Crippen molar-refractivity contribution in [2.45, 2.75) is 12.8 Å². The lowest BCUT2D eigenvalue weighted by molar-refractivity contribution is 0.669. The first-order valence-corrected chi connectivity index (χ1v) is 9.62. The number of benzene rings is 3. The van der Waals surface area contributed by atoms with Gasteiger partial charge in [-0.05, 0) is 41.5 Å². The van der Waals surface area contributed by atoms with E-state index in [1.165, 1.54) is 11.1 Å². The zero-order valence-corrected chi connectivity index (χ0v) is 16.0. The Morgan fingerprint density at radius 3 is 2.52 bits per heavy atom. The second-order valence-electron chi connectivity index (χ2n) is 7.18. The molecule has 5 rings (SSSR count). The van der Waals surface area contributed by atoms with Crippen molar-refractivity contribution < 1.29 is 4.42 Å². The molecule has 0 saturated heterocycles. The van der Waals surface area contributed by atoms with Crippen LogP contribution in [0, 0.1) is 11.3 Å². The summed E-state index contributed by atoms with van der Waals surface area (Å²) in [5, 5.41) is 11.4. The molecule has 0 bridgehead atoms. The van der Waals surface area contributed by atoms with E-state index in [0.717, 1.165) is 27.6 Å². The average molecular weight is 374 g/mol. The number of pyridine rings is 1. The lowest BCUT2D eigenvalue weighted by atomic mass is 9.92. The summed E-state index contributed by atoms with van der Waals surface area (Å²) < 4.78 is 6.17. The molecule has 0 aliphatic rings. The Hall–Kier alpha value is -3.90. The number of hydrogen-bond donors (Lipinski definition) is 0. The van der Waals surface area contributed by atoms with Crippen LogP contribution in [-0.4, -0.2) is 4.98 Å². The van der Waals surface area contributed by atoms with Gasteiger partial charge in [0.05, 0.1) is 17.3 Å². The number of nitriles is 1. The van der Waals surface area contributed by atoms with Crippen LogP contribution in [0.4, 0.5) is 0 Å². The Labute approximate surface area is 168 Å². The van der Waals surface area contributed by atoms with Gasteiger partial charge in [0.2, 0.25) is 0 Å². The number of fused-ring (bicyclic) bond motifs is 3. The van der Waals surface area contributed by atoms with Crippen molar-refractivity contribution >= 4 is 21.9 Å². The molecule has 5 aromatic rings. The van der Waals surface area contributed by atoms with Gasteiger partial charge in [0.1, 0.15) is 11.2 Å². The zero-order chi connectivity index (χ0) is 19.8. The highest BCUT2D eigenvalue weighted by atomic mass is 16.3. The quantitative estimate of drug-likeness (QED) is 0.354. The van der Waals surface area contributed by atoms with E-state index < -0.39 is 0 Å². The number of aromatic nitrogens is 1. The van der Waals surface area contributed by atoms with Gasteiger partial charge in [0, 0.05) is 28.5 Å². The molecule has 29 heavy (non-hydrogen) atoms. The largest absolute Gasteiger partial charge is 0.455 e. The Morgan fingerprint density at radius 1 is 0.897 bits per heavy atom. The van der Waals surface area contributed by atoms with Gasteiger partial charge >= 0.3 is 0 Å². The van der Waals surface area contributed by atoms with Crippen molar-refractivity contribution in [2.75, 3.05) is 0 Å². The first-order valence-electron chi connectivity index (χ1n) is 9.62. The maximum absolute atomic E-state index is 9.61. The fourth-order valence-corrected chi connectivity index (χ4v) is 3.92. The van der Waals surface area contributed by atoms with Crippen molar-refractivity contribution in [3.63, 3.8) is 0 Å². The molecule has 0 radical (unpaired) electrons. The SMILES string of the molecule is CC(c1ccccc1)c1ccnc(-c2ccc(C#N)c3c2oc2ccccc23)c1. The third kappa shape index (κ3) is 2.86. The Balaban J connectivity index is 1.70. The van der Waals surface area contributed by atoms with Crippen molar-refractivity contribution in [1.82, 2.24) is 4.98 Å². The fraction of sp³-hybridized carbons (Fsp3) is 0.0769. The second kappa shape index (κ2) is 6.92. The monoisotopic (exact) mass is 374 g/mol. The van der Waals surface area contributed by atoms with Crippen LogP contribution in [0.1, 0.15) is 29.5 Å². The van der Waals surface area contributed by atoms with Crippen molar-refractivity contribution in [2.24, 2.45) is 0 Å². The summed E-state index contributed by atoms with van der Waals surface area (Å²) >= 11 is 0. The van der Waals surface area contributed by atoms with Gasteiger partial charge in [-0.25, -0.2) is 0 Å². The summed E-state index contributed by atoms with van der Waals surface area (Å²) in [5.41, 5.74) is 6.30. The third-order valence-electron chi connectivity index (χ3n) is 5.51. The van der Waals surface area contributed by atoms with E-state index in [4.69, 9.17) is 4.42 Å². The summed E-state index contributed by atoms with van der Waals surface area (Å²) in [7, 11) is 0. The molecular weight excluding hydrogens is 356 g/mol. The fourth-order valence-electron chi connectivity index (χ4n) is 3.92. The molecule has 0 aliphatic carbocycles. The normalized spacial score (nSPS) is 12.1. The summed E-state index contributed by atoms with van der Waals surface area (Å²) in [4.78, 5) is 4.62. The van der Waals surface area contributed by atoms with Gasteiger partial charge in [-0.15, -0.1) is 0 Å². The lowest BCUT2D eigenvalue weighted by Gasteiger charge is -2.13. The molecule has 0 spiro atoms. The predicted octanol–water partition coefficient (Wildman–Crippen LogP) is 6.67. The minimum Gasteiger partial charge on any atom is -0.455 e. The van der Waals surface area contributed by atoms with E-state index in [9.17, 15) is 5.26 Å². The van der Waals surface area contributed by atoms with Gasteiger partial charge in [0.25, 0.3) is 0 Å². The van der Waals surface area contributed by atoms with E-state index in [1.807, 2.05) is 48.7 Å². The number of furan rings is 1. The molecule has 0 saturated carbocycles. The van der Waals surface area contributed by atoms with Crippen LogP contribution in [0.5, 0.6) is 0 Å². The van der Waals surface area contributed by atoms with Crippen LogP contribution in [0.2, 0.25) is 0 Å². The van der Waals surface area contributed by atoms with E-state index in [-0.39, 0.29) is 5.92 Å². The highest BCUT2D eigenvalue weighted by Crippen LogP contribution is 2.38. The topological polar surface area (TPSA) is 49.8 Å². The molecule has 0 N–H and O–H groups in total. The Kier molecular flexibility index (Phi) is 4.11. The standard InChI is InChI=1S/C26H18N2O/c1-17(18-7-3-2-4-8-18)19-13-14-28-23(15-19)21-12-11-20(16-27)25-22-9-5-6-10-24(22)29-26(21)25/h2-15,17H,1H3. The molecule has 2 aromatic heterocycles. The molecule has 2 heterocycles. The van der Waals surface area contributed by atoms with Gasteiger partial charge < -0.3 is 4.42 Å². The van der Waals surface area contributed by atoms with E-state index in [2.05, 4.69) is 54.4 Å². The van der Waals surface area contributed by atoms with Crippen LogP contribution in [0.15, 0.2) is 89.5 Å². The Morgan fingerprint density at radius 2 is 1.69 bits per heavy atom. The average Bonchev–Trinajstić information content (AvgIpc) is 3.18. The van der Waals surface area contributed by atoms with Gasteiger partial charge in [-0.2, -0.15) is 5.26 Å². The van der Waals surface area contributed by atoms with E-state index >= 15 is 0 Å². The number of nitrogens with zero attached hydrogens (tertiary/aromatic N) is 2. The first kappa shape index (κ1) is 17.2. The van der Waals surface area contributed by atoms with Crippen LogP contribution >= 0.6 is 0 Å².